The van der Waals surface area contributed by atoms with Crippen LogP contribution in [0.5, 0.6) is 0 Å². The normalized spacial score (nSPS) is 10.8. The van der Waals surface area contributed by atoms with Gasteiger partial charge in [-0.25, -0.2) is 0 Å². The van der Waals surface area contributed by atoms with E-state index in [9.17, 15) is 5.21 Å². The highest BCUT2D eigenvalue weighted by atomic mass is 16.8. The maximum Gasteiger partial charge on any atom is 0.253 e. The third-order valence-corrected chi connectivity index (χ3v) is 1.72. The summed E-state index contributed by atoms with van der Waals surface area (Å²) >= 11 is 0. The molecule has 62 valence electrons. The molecule has 0 aliphatic rings. The van der Waals surface area contributed by atoms with Crippen molar-refractivity contribution >= 4 is 11.0 Å². The number of nitrogens with zero attached hydrogens (tertiary/aromatic N) is 2. The minimum Gasteiger partial charge on any atom is -0.359 e. The second kappa shape index (κ2) is 2.46. The second-order valence-electron chi connectivity index (χ2n) is 2.42. The highest BCUT2D eigenvalue weighted by Gasteiger charge is 2.11. The van der Waals surface area contributed by atoms with Crippen molar-refractivity contribution in [2.75, 3.05) is 0 Å². The maximum absolute atomic E-state index is 10.9. The second-order valence-corrected chi connectivity index (χ2v) is 2.42. The summed E-state index contributed by atoms with van der Waals surface area (Å²) in [5.41, 5.74) is 7.19. The number of benzene rings is 1. The fourth-order valence-electron chi connectivity index (χ4n) is 1.12. The monoisotopic (exact) mass is 165 g/mol. The molecule has 0 unspecified atom stereocenters. The van der Waals surface area contributed by atoms with Crippen LogP contribution in [0.4, 0.5) is 0 Å². The maximum atomic E-state index is 10.9. The van der Waals surface area contributed by atoms with Gasteiger partial charge in [0.05, 0.1) is 0 Å². The summed E-state index contributed by atoms with van der Waals surface area (Å²) in [5, 5.41) is 14.5. The van der Waals surface area contributed by atoms with Crippen molar-refractivity contribution < 1.29 is 9.53 Å². The van der Waals surface area contributed by atoms with Gasteiger partial charge in [0, 0.05) is 17.3 Å². The van der Waals surface area contributed by atoms with Crippen LogP contribution in [0, 0.1) is 5.21 Å². The van der Waals surface area contributed by atoms with Crippen LogP contribution in [0.3, 0.4) is 0 Å². The van der Waals surface area contributed by atoms with Gasteiger partial charge in [0.15, 0.2) is 0 Å². The highest BCUT2D eigenvalue weighted by Crippen LogP contribution is 2.11. The third-order valence-electron chi connectivity index (χ3n) is 1.72. The molecule has 0 aliphatic heterocycles. The van der Waals surface area contributed by atoms with Crippen LogP contribution in [-0.2, 0) is 6.54 Å². The summed E-state index contributed by atoms with van der Waals surface area (Å²) in [6, 6.07) is 5.19. The molecule has 0 amide bonds. The lowest BCUT2D eigenvalue weighted by molar-refractivity contribution is -0.782. The van der Waals surface area contributed by atoms with Crippen molar-refractivity contribution in [2.45, 2.75) is 6.54 Å². The standard InChI is InChI=1S/C7H7N3O2/c8-4-5-2-1-3-6-7(5)9-12-10(6)11/h1-3H,4,8H2. The van der Waals surface area contributed by atoms with Gasteiger partial charge in [0.2, 0.25) is 5.52 Å². The number of nitrogens with two attached hydrogens (primary N) is 1. The van der Waals surface area contributed by atoms with Crippen LogP contribution in [0.15, 0.2) is 22.8 Å². The Morgan fingerprint density at radius 1 is 1.58 bits per heavy atom. The zero-order valence-electron chi connectivity index (χ0n) is 6.23. The fourth-order valence-corrected chi connectivity index (χ4v) is 1.12. The van der Waals surface area contributed by atoms with E-state index < -0.39 is 0 Å². The van der Waals surface area contributed by atoms with Gasteiger partial charge in [-0.05, 0) is 11.0 Å². The van der Waals surface area contributed by atoms with Crippen molar-refractivity contribution in [3.05, 3.63) is 29.0 Å². The number of hydrogen-bond donors (Lipinski definition) is 1. The van der Waals surface area contributed by atoms with E-state index in [1.54, 1.807) is 12.1 Å². The van der Waals surface area contributed by atoms with Crippen LogP contribution in [0.25, 0.3) is 11.0 Å². The van der Waals surface area contributed by atoms with E-state index in [0.29, 0.717) is 22.5 Å². The van der Waals surface area contributed by atoms with E-state index in [1.165, 1.54) is 0 Å². The Labute approximate surface area is 67.9 Å². The first-order chi connectivity index (χ1) is 5.83. The minimum absolute atomic E-state index is 0.351. The van der Waals surface area contributed by atoms with Crippen LogP contribution in [-0.4, -0.2) is 5.16 Å². The van der Waals surface area contributed by atoms with E-state index in [2.05, 4.69) is 9.79 Å². The zero-order valence-corrected chi connectivity index (χ0v) is 6.23. The number of hydrogen-bond acceptors (Lipinski definition) is 4. The predicted molar refractivity (Wildman–Crippen MR) is 40.9 cm³/mol. The fraction of sp³-hybridized carbons (Fsp3) is 0.143. The summed E-state index contributed by atoms with van der Waals surface area (Å²) in [7, 11) is 0. The molecular formula is C7H7N3O2. The molecule has 1 aromatic heterocycles. The van der Waals surface area contributed by atoms with Gasteiger partial charge in [-0.15, -0.1) is 0 Å². The van der Waals surface area contributed by atoms with E-state index >= 15 is 0 Å². The highest BCUT2D eigenvalue weighted by molar-refractivity contribution is 5.74. The van der Waals surface area contributed by atoms with Gasteiger partial charge in [0.1, 0.15) is 0 Å². The van der Waals surface area contributed by atoms with E-state index in [-0.39, 0.29) is 0 Å². The van der Waals surface area contributed by atoms with Gasteiger partial charge >= 0.3 is 0 Å². The molecule has 5 heteroatoms. The van der Waals surface area contributed by atoms with Gasteiger partial charge in [0.25, 0.3) is 5.52 Å². The first-order valence-corrected chi connectivity index (χ1v) is 3.50. The molecule has 1 heterocycles. The summed E-state index contributed by atoms with van der Waals surface area (Å²) in [5.74, 6) is 0. The Kier molecular flexibility index (Phi) is 1.44. The molecular weight excluding hydrogens is 158 g/mol. The quantitative estimate of drug-likeness (QED) is 0.599. The minimum atomic E-state index is 0.351. The SMILES string of the molecule is NCc1cccc2c1no[n+]2[O-]. The molecule has 0 fully saturated rings. The van der Waals surface area contributed by atoms with Crippen molar-refractivity contribution in [1.82, 2.24) is 5.16 Å². The van der Waals surface area contributed by atoms with Crippen molar-refractivity contribution in [1.29, 1.82) is 0 Å². The lowest BCUT2D eigenvalue weighted by Crippen LogP contribution is -2.22. The summed E-state index contributed by atoms with van der Waals surface area (Å²) in [6.07, 6.45) is 0. The Morgan fingerprint density at radius 2 is 2.42 bits per heavy atom. The van der Waals surface area contributed by atoms with Crippen molar-refractivity contribution in [2.24, 2.45) is 5.73 Å². The van der Waals surface area contributed by atoms with Crippen LogP contribution < -0.4 is 10.6 Å². The third kappa shape index (κ3) is 0.835. The molecule has 2 N–H and O–H groups in total. The van der Waals surface area contributed by atoms with Gasteiger partial charge in [-0.2, -0.15) is 0 Å². The summed E-state index contributed by atoms with van der Waals surface area (Å²) in [6.45, 7) is 0.351. The number of aromatic nitrogens is 2. The van der Waals surface area contributed by atoms with E-state index in [4.69, 9.17) is 5.73 Å². The molecule has 0 atom stereocenters. The molecule has 0 radical (unpaired) electrons. The Bertz CT molecular complexity index is 410. The molecule has 0 aliphatic carbocycles. The molecule has 2 aromatic rings. The summed E-state index contributed by atoms with van der Waals surface area (Å²) < 4.78 is 4.41. The molecule has 0 spiro atoms. The molecule has 2 rings (SSSR count). The molecule has 0 bridgehead atoms. The van der Waals surface area contributed by atoms with Crippen LogP contribution in [0.2, 0.25) is 0 Å². The Balaban J connectivity index is 2.81. The topological polar surface area (TPSA) is 79.0 Å². The lowest BCUT2D eigenvalue weighted by atomic mass is 10.2. The molecule has 1 aromatic carbocycles. The first-order valence-electron chi connectivity index (χ1n) is 3.50. The average Bonchev–Trinajstić information content (AvgIpc) is 2.48. The lowest BCUT2D eigenvalue weighted by Gasteiger charge is -1.90. The smallest absolute Gasteiger partial charge is 0.253 e. The van der Waals surface area contributed by atoms with Gasteiger partial charge in [-0.1, -0.05) is 12.1 Å². The average molecular weight is 165 g/mol. The zero-order chi connectivity index (χ0) is 8.55. The van der Waals surface area contributed by atoms with E-state index in [1.807, 2.05) is 6.07 Å². The molecule has 12 heavy (non-hydrogen) atoms. The number of rotatable bonds is 1. The van der Waals surface area contributed by atoms with E-state index in [0.717, 1.165) is 5.56 Å². The predicted octanol–water partition coefficient (Wildman–Crippen LogP) is -0.0801. The molecule has 0 saturated carbocycles. The molecule has 5 nitrogen and oxygen atoms in total. The number of fused-ring (bicyclic) bond motifs is 1. The van der Waals surface area contributed by atoms with Crippen LogP contribution >= 0.6 is 0 Å². The first kappa shape index (κ1) is 7.05. The van der Waals surface area contributed by atoms with Gasteiger partial charge < -0.3 is 10.9 Å². The largest absolute Gasteiger partial charge is 0.359 e. The van der Waals surface area contributed by atoms with Crippen molar-refractivity contribution in [3.8, 4) is 0 Å². The summed E-state index contributed by atoms with van der Waals surface area (Å²) in [4.78, 5) is 0.370. The molecule has 0 saturated heterocycles. The van der Waals surface area contributed by atoms with Crippen molar-refractivity contribution in [3.63, 3.8) is 0 Å². The van der Waals surface area contributed by atoms with Crippen LogP contribution in [0.1, 0.15) is 5.56 Å². The Morgan fingerprint density at radius 3 is 3.17 bits per heavy atom. The van der Waals surface area contributed by atoms with Gasteiger partial charge in [-0.3, -0.25) is 4.63 Å². The Hall–Kier alpha value is -1.62.